The Morgan fingerprint density at radius 1 is 1.19 bits per heavy atom. The average Bonchev–Trinajstić information content (AvgIpc) is 3.25. The monoisotopic (exact) mass is 359 g/mol. The summed E-state index contributed by atoms with van der Waals surface area (Å²) < 4.78 is 0. The highest BCUT2D eigenvalue weighted by Crippen LogP contribution is 2.84. The summed E-state index contributed by atoms with van der Waals surface area (Å²) in [5.74, 6) is 1.02. The first-order chi connectivity index (χ1) is 12.3. The van der Waals surface area contributed by atoms with Crippen LogP contribution in [0.25, 0.3) is 0 Å². The van der Waals surface area contributed by atoms with Crippen molar-refractivity contribution in [3.8, 4) is 0 Å². The average molecular weight is 360 g/mol. The van der Waals surface area contributed by atoms with Crippen molar-refractivity contribution in [2.24, 2.45) is 34.0 Å². The maximum atomic E-state index is 11.9. The fraction of sp³-hybridized carbons (Fsp3) is 0.955. The molecule has 7 fully saturated rings. The van der Waals surface area contributed by atoms with Crippen LogP contribution in [0.4, 0.5) is 0 Å². The lowest BCUT2D eigenvalue weighted by Crippen LogP contribution is -2.81. The second kappa shape index (κ2) is 4.51. The summed E-state index contributed by atoms with van der Waals surface area (Å²) in [4.78, 5) is 14.4. The lowest BCUT2D eigenvalue weighted by Gasteiger charge is -2.77. The van der Waals surface area contributed by atoms with E-state index >= 15 is 0 Å². The molecule has 7 aliphatic rings. The van der Waals surface area contributed by atoms with Crippen molar-refractivity contribution in [1.29, 1.82) is 0 Å². The predicted octanol–water partition coefficient (Wildman–Crippen LogP) is 3.28. The molecule has 4 nitrogen and oxygen atoms in total. The predicted molar refractivity (Wildman–Crippen MR) is 97.5 cm³/mol. The van der Waals surface area contributed by atoms with Crippen molar-refractivity contribution >= 4 is 5.97 Å². The Balaban J connectivity index is 1.62. The molecule has 6 bridgehead atoms. The third kappa shape index (κ3) is 1.37. The second-order valence-corrected chi connectivity index (χ2v) is 11.1. The zero-order valence-electron chi connectivity index (χ0n) is 16.2. The largest absolute Gasteiger partial charge is 0.481 e. The van der Waals surface area contributed by atoms with Gasteiger partial charge in [-0.1, -0.05) is 20.3 Å². The van der Waals surface area contributed by atoms with Crippen LogP contribution >= 0.6 is 0 Å². The SMILES string of the molecule is C[C@@H]1CN2C3[C@H]4CC[C@@]35CCC[C@H]5[C@@]3(CCC(=O)O)[C@H]2[C@]1(O)CC[C@@]43C. The van der Waals surface area contributed by atoms with E-state index in [1.807, 2.05) is 0 Å². The van der Waals surface area contributed by atoms with E-state index in [-0.39, 0.29) is 23.3 Å². The van der Waals surface area contributed by atoms with Crippen LogP contribution in [-0.2, 0) is 4.79 Å². The number of hydrogen-bond donors (Lipinski definition) is 2. The fourth-order valence-corrected chi connectivity index (χ4v) is 10.4. The third-order valence-electron chi connectivity index (χ3n) is 11.0. The van der Waals surface area contributed by atoms with Gasteiger partial charge in [-0.15, -0.1) is 0 Å². The van der Waals surface area contributed by atoms with Gasteiger partial charge in [0, 0.05) is 25.0 Å². The summed E-state index contributed by atoms with van der Waals surface area (Å²) >= 11 is 0. The highest BCUT2D eigenvalue weighted by atomic mass is 16.4. The molecule has 0 aromatic carbocycles. The van der Waals surface area contributed by atoms with Gasteiger partial charge in [-0.2, -0.15) is 0 Å². The molecule has 7 rings (SSSR count). The highest BCUT2D eigenvalue weighted by Gasteiger charge is 2.85. The standard InChI is InChI=1S/C22H33NO3/c1-13-12-23-17-14-5-8-20(17)7-3-4-15(20)21(9-6-16(24)25)18(23)22(13,26)11-10-19(14,21)2/h13-15,17-18,26H,3-12H2,1-2H3,(H,24,25)/t13-,14-,15-,17?,18+,19+,20-,21+,22+/m1/s1. The third-order valence-corrected chi connectivity index (χ3v) is 11.0. The van der Waals surface area contributed by atoms with Crippen molar-refractivity contribution in [1.82, 2.24) is 4.90 Å². The highest BCUT2D eigenvalue weighted by molar-refractivity contribution is 5.67. The van der Waals surface area contributed by atoms with E-state index in [9.17, 15) is 15.0 Å². The molecule has 9 atom stereocenters. The molecular formula is C22H33NO3. The molecule has 4 heteroatoms. The molecule has 1 unspecified atom stereocenters. The molecule has 2 N–H and O–H groups in total. The summed E-state index contributed by atoms with van der Waals surface area (Å²) in [7, 11) is 0. The Morgan fingerprint density at radius 3 is 2.77 bits per heavy atom. The van der Waals surface area contributed by atoms with Gasteiger partial charge in [0.15, 0.2) is 0 Å². The van der Waals surface area contributed by atoms with Gasteiger partial charge in [-0.05, 0) is 78.9 Å². The fourth-order valence-electron chi connectivity index (χ4n) is 10.4. The minimum absolute atomic E-state index is 0.00949. The maximum Gasteiger partial charge on any atom is 0.303 e. The molecule has 0 aromatic heterocycles. The summed E-state index contributed by atoms with van der Waals surface area (Å²) in [5, 5.41) is 21.5. The minimum Gasteiger partial charge on any atom is -0.481 e. The molecule has 0 aromatic rings. The van der Waals surface area contributed by atoms with Gasteiger partial charge in [0.1, 0.15) is 0 Å². The van der Waals surface area contributed by atoms with Crippen molar-refractivity contribution < 1.29 is 15.0 Å². The summed E-state index contributed by atoms with van der Waals surface area (Å²) in [6.07, 6.45) is 9.70. The smallest absolute Gasteiger partial charge is 0.303 e. The Kier molecular flexibility index (Phi) is 2.84. The van der Waals surface area contributed by atoms with Crippen molar-refractivity contribution in [3.63, 3.8) is 0 Å². The Morgan fingerprint density at radius 2 is 2.00 bits per heavy atom. The molecule has 4 saturated carbocycles. The van der Waals surface area contributed by atoms with E-state index in [1.54, 1.807) is 0 Å². The Hall–Kier alpha value is -0.610. The van der Waals surface area contributed by atoms with Crippen molar-refractivity contribution in [2.45, 2.75) is 89.3 Å². The van der Waals surface area contributed by atoms with Crippen LogP contribution in [0.15, 0.2) is 0 Å². The van der Waals surface area contributed by atoms with Crippen LogP contribution in [0.2, 0.25) is 0 Å². The molecule has 0 amide bonds. The number of hydrogen-bond acceptors (Lipinski definition) is 3. The first-order valence-corrected chi connectivity index (χ1v) is 11.0. The van der Waals surface area contributed by atoms with Gasteiger partial charge >= 0.3 is 5.97 Å². The van der Waals surface area contributed by atoms with E-state index in [4.69, 9.17) is 0 Å². The van der Waals surface area contributed by atoms with Crippen LogP contribution < -0.4 is 0 Å². The molecule has 26 heavy (non-hydrogen) atoms. The summed E-state index contributed by atoms with van der Waals surface area (Å²) in [5.41, 5.74) is 0.0664. The first kappa shape index (κ1) is 16.4. The van der Waals surface area contributed by atoms with Gasteiger partial charge in [0.05, 0.1) is 5.60 Å². The van der Waals surface area contributed by atoms with E-state index in [1.165, 1.54) is 32.1 Å². The molecule has 3 heterocycles. The minimum atomic E-state index is -0.657. The summed E-state index contributed by atoms with van der Waals surface area (Å²) in [6, 6.07) is 0.868. The number of carboxylic acid groups (broad SMARTS) is 1. The first-order valence-electron chi connectivity index (χ1n) is 11.0. The molecule has 1 spiro atoms. The lowest BCUT2D eigenvalue weighted by atomic mass is 9.33. The van der Waals surface area contributed by atoms with Crippen LogP contribution in [-0.4, -0.2) is 45.3 Å². The number of piperidine rings is 2. The molecule has 0 radical (unpaired) electrons. The van der Waals surface area contributed by atoms with Crippen molar-refractivity contribution in [3.05, 3.63) is 0 Å². The number of aliphatic carboxylic acids is 1. The van der Waals surface area contributed by atoms with Gasteiger partial charge in [0.25, 0.3) is 0 Å². The molecule has 4 aliphatic carbocycles. The summed E-state index contributed by atoms with van der Waals surface area (Å²) in [6.45, 7) is 5.79. The maximum absolute atomic E-state index is 11.9. The van der Waals surface area contributed by atoms with Gasteiger partial charge in [0.2, 0.25) is 0 Å². The van der Waals surface area contributed by atoms with Crippen molar-refractivity contribution in [2.75, 3.05) is 6.54 Å². The normalized spacial score (nSPS) is 61.9. The number of carboxylic acids is 1. The van der Waals surface area contributed by atoms with E-state index < -0.39 is 11.6 Å². The molecule has 3 aliphatic heterocycles. The number of rotatable bonds is 3. The van der Waals surface area contributed by atoms with E-state index in [0.29, 0.717) is 23.3 Å². The number of nitrogens with zero attached hydrogens (tertiary/aromatic N) is 1. The zero-order chi connectivity index (χ0) is 18.1. The molecule has 144 valence electrons. The number of carbonyl (C=O) groups is 1. The zero-order valence-corrected chi connectivity index (χ0v) is 16.2. The molecule has 3 saturated heterocycles. The molecular weight excluding hydrogens is 326 g/mol. The van der Waals surface area contributed by atoms with E-state index in [2.05, 4.69) is 18.7 Å². The van der Waals surface area contributed by atoms with Crippen LogP contribution in [0, 0.1) is 34.0 Å². The van der Waals surface area contributed by atoms with Gasteiger partial charge in [-0.3, -0.25) is 9.69 Å². The van der Waals surface area contributed by atoms with Gasteiger partial charge in [-0.25, -0.2) is 0 Å². The van der Waals surface area contributed by atoms with Gasteiger partial charge < -0.3 is 10.2 Å². The topological polar surface area (TPSA) is 60.8 Å². The Bertz CT molecular complexity index is 695. The van der Waals surface area contributed by atoms with Crippen LogP contribution in [0.5, 0.6) is 0 Å². The number of aliphatic hydroxyl groups is 1. The van der Waals surface area contributed by atoms with Crippen LogP contribution in [0.1, 0.15) is 71.6 Å². The Labute approximate surface area is 156 Å². The lowest BCUT2D eigenvalue weighted by molar-refractivity contribution is -0.308. The quantitative estimate of drug-likeness (QED) is 0.812. The second-order valence-electron chi connectivity index (χ2n) is 11.1. The van der Waals surface area contributed by atoms with Crippen LogP contribution in [0.3, 0.4) is 0 Å². The van der Waals surface area contributed by atoms with E-state index in [0.717, 1.165) is 31.7 Å².